The number of aryl methyl sites for hydroxylation is 1. The maximum absolute atomic E-state index is 12.2. The van der Waals surface area contributed by atoms with Crippen molar-refractivity contribution in [3.05, 3.63) is 41.2 Å². The number of hydrogen-bond donors (Lipinski definition) is 2. The molecule has 29 heavy (non-hydrogen) atoms. The molecule has 0 atom stereocenters. The van der Waals surface area contributed by atoms with Gasteiger partial charge in [0.25, 0.3) is 0 Å². The average molecular weight is 420 g/mol. The number of sulfonamides is 1. The number of ether oxygens (including phenoxy) is 1. The van der Waals surface area contributed by atoms with E-state index < -0.39 is 16.0 Å². The van der Waals surface area contributed by atoms with E-state index in [1.54, 1.807) is 4.57 Å². The van der Waals surface area contributed by atoms with Crippen LogP contribution in [-0.2, 0) is 14.8 Å². The van der Waals surface area contributed by atoms with E-state index in [2.05, 4.69) is 4.72 Å². The minimum atomic E-state index is -3.24. The van der Waals surface area contributed by atoms with E-state index in [0.29, 0.717) is 25.3 Å². The van der Waals surface area contributed by atoms with Crippen LogP contribution < -0.4 is 15.4 Å². The Hall–Kier alpha value is -3.03. The van der Waals surface area contributed by atoms with Gasteiger partial charge in [0.2, 0.25) is 10.0 Å². The second kappa shape index (κ2) is 8.98. The zero-order valence-corrected chi connectivity index (χ0v) is 17.7. The highest BCUT2D eigenvalue weighted by molar-refractivity contribution is 7.88. The Labute approximate surface area is 170 Å². The van der Waals surface area contributed by atoms with Crippen LogP contribution in [0.3, 0.4) is 0 Å². The number of nitrogens with one attached hydrogen (secondary N) is 1. The van der Waals surface area contributed by atoms with E-state index in [4.69, 9.17) is 10.5 Å². The van der Waals surface area contributed by atoms with Gasteiger partial charge in [-0.05, 0) is 37.6 Å². The number of methoxy groups -OCH3 is 1. The van der Waals surface area contributed by atoms with Crippen molar-refractivity contribution in [2.45, 2.75) is 13.8 Å². The Kier molecular flexibility index (Phi) is 6.89. The molecule has 0 unspecified atom stereocenters. The van der Waals surface area contributed by atoms with Gasteiger partial charge in [-0.15, -0.1) is 0 Å². The number of rotatable bonds is 8. The summed E-state index contributed by atoms with van der Waals surface area (Å²) in [6.07, 6.45) is 2.64. The van der Waals surface area contributed by atoms with E-state index in [1.807, 2.05) is 43.0 Å². The monoisotopic (exact) mass is 419 g/mol. The molecule has 9 nitrogen and oxygen atoms in total. The van der Waals surface area contributed by atoms with E-state index in [1.165, 1.54) is 13.3 Å². The van der Waals surface area contributed by atoms with Crippen LogP contribution in [0.2, 0.25) is 0 Å². The third-order valence-corrected chi connectivity index (χ3v) is 5.20. The summed E-state index contributed by atoms with van der Waals surface area (Å²) >= 11 is 0. The number of hydrogen-bond acceptors (Lipinski definition) is 7. The lowest BCUT2D eigenvalue weighted by molar-refractivity contribution is 0.0593. The number of likely N-dealkylation sites (N-methyl/N-ethyl adjacent to an activating group) is 1. The van der Waals surface area contributed by atoms with Crippen molar-refractivity contribution in [2.75, 3.05) is 43.6 Å². The van der Waals surface area contributed by atoms with Crippen LogP contribution in [0, 0.1) is 18.3 Å². The maximum Gasteiger partial charge on any atom is 0.357 e. The Morgan fingerprint density at radius 1 is 1.41 bits per heavy atom. The number of carbonyl (C=O) groups is 1. The number of carbonyl (C=O) groups excluding carboxylic acids is 1. The smallest absolute Gasteiger partial charge is 0.357 e. The number of nitriles is 1. The first-order chi connectivity index (χ1) is 13.6. The summed E-state index contributed by atoms with van der Waals surface area (Å²) in [4.78, 5) is 14.2. The lowest BCUT2D eigenvalue weighted by Gasteiger charge is -2.24. The van der Waals surface area contributed by atoms with Crippen LogP contribution in [0.4, 0.5) is 11.4 Å². The summed E-state index contributed by atoms with van der Waals surface area (Å²) < 4.78 is 31.4. The van der Waals surface area contributed by atoms with Crippen LogP contribution in [-0.4, -0.2) is 52.0 Å². The predicted octanol–water partition coefficient (Wildman–Crippen LogP) is 1.40. The molecule has 156 valence electrons. The molecule has 0 bridgehead atoms. The predicted molar refractivity (Wildman–Crippen MR) is 112 cm³/mol. The molecule has 1 aromatic heterocycles. The van der Waals surface area contributed by atoms with Gasteiger partial charge in [-0.1, -0.05) is 0 Å². The van der Waals surface area contributed by atoms with Crippen LogP contribution in [0.5, 0.6) is 0 Å². The van der Waals surface area contributed by atoms with E-state index in [-0.39, 0.29) is 16.9 Å². The standard InChI is InChI=1S/C19H25N5O4S/c1-5-23(9-8-22-29(4,26)27)15-6-7-16(13(2)10-15)24-12-14(11-20)17(21)18(24)19(25)28-3/h6-7,10,12,22H,5,8-9,21H2,1-4H3. The summed E-state index contributed by atoms with van der Waals surface area (Å²) in [5, 5.41) is 9.26. The molecule has 0 aliphatic carbocycles. The number of nitrogen functional groups attached to an aromatic ring is 1. The fourth-order valence-electron chi connectivity index (χ4n) is 3.05. The molecule has 0 spiro atoms. The van der Waals surface area contributed by atoms with Crippen molar-refractivity contribution in [1.82, 2.24) is 9.29 Å². The highest BCUT2D eigenvalue weighted by atomic mass is 32.2. The lowest BCUT2D eigenvalue weighted by Crippen LogP contribution is -2.34. The fourth-order valence-corrected chi connectivity index (χ4v) is 3.51. The molecule has 0 aliphatic rings. The normalized spacial score (nSPS) is 11.1. The third kappa shape index (κ3) is 5.07. The molecule has 2 rings (SSSR count). The fraction of sp³-hybridized carbons (Fsp3) is 0.368. The molecule has 10 heteroatoms. The highest BCUT2D eigenvalue weighted by Gasteiger charge is 2.22. The van der Waals surface area contributed by atoms with Gasteiger partial charge in [-0.2, -0.15) is 5.26 Å². The maximum atomic E-state index is 12.2. The Balaban J connectivity index is 2.39. The number of anilines is 2. The van der Waals surface area contributed by atoms with Gasteiger partial charge in [0.15, 0.2) is 5.69 Å². The molecule has 0 aliphatic heterocycles. The number of esters is 1. The summed E-state index contributed by atoms with van der Waals surface area (Å²) in [5.41, 5.74) is 8.77. The topological polar surface area (TPSA) is 130 Å². The van der Waals surface area contributed by atoms with Gasteiger partial charge in [0, 0.05) is 37.2 Å². The first-order valence-corrected chi connectivity index (χ1v) is 10.8. The average Bonchev–Trinajstić information content (AvgIpc) is 2.99. The van der Waals surface area contributed by atoms with Gasteiger partial charge in [0.1, 0.15) is 6.07 Å². The Morgan fingerprint density at radius 3 is 2.62 bits per heavy atom. The second-order valence-corrected chi connectivity index (χ2v) is 8.33. The van der Waals surface area contributed by atoms with Crippen molar-refractivity contribution < 1.29 is 17.9 Å². The van der Waals surface area contributed by atoms with Crippen molar-refractivity contribution in [1.29, 1.82) is 5.26 Å². The Bertz CT molecular complexity index is 1050. The van der Waals surface area contributed by atoms with Gasteiger partial charge in [-0.3, -0.25) is 0 Å². The van der Waals surface area contributed by atoms with Crippen LogP contribution in [0.1, 0.15) is 28.5 Å². The molecule has 2 aromatic rings. The van der Waals surface area contributed by atoms with Gasteiger partial charge in [-0.25, -0.2) is 17.9 Å². The molecule has 0 amide bonds. The van der Waals surface area contributed by atoms with Gasteiger partial charge < -0.3 is 19.9 Å². The third-order valence-electron chi connectivity index (χ3n) is 4.48. The molecule has 0 radical (unpaired) electrons. The molecule has 0 fully saturated rings. The van der Waals surface area contributed by atoms with Gasteiger partial charge >= 0.3 is 5.97 Å². The lowest BCUT2D eigenvalue weighted by atomic mass is 10.1. The molecular formula is C19H25N5O4S. The summed E-state index contributed by atoms with van der Waals surface area (Å²) in [5.74, 6) is -0.630. The largest absolute Gasteiger partial charge is 0.464 e. The zero-order valence-electron chi connectivity index (χ0n) is 16.9. The number of aromatic nitrogens is 1. The molecule has 1 heterocycles. The van der Waals surface area contributed by atoms with Crippen LogP contribution >= 0.6 is 0 Å². The quantitative estimate of drug-likeness (QED) is 0.618. The number of nitrogens with two attached hydrogens (primary N) is 1. The SMILES string of the molecule is CCN(CCNS(C)(=O)=O)c1ccc(-n2cc(C#N)c(N)c2C(=O)OC)c(C)c1. The van der Waals surface area contributed by atoms with Crippen molar-refractivity contribution in [3.8, 4) is 11.8 Å². The van der Waals surface area contributed by atoms with Crippen molar-refractivity contribution in [2.24, 2.45) is 0 Å². The molecule has 0 saturated heterocycles. The minimum Gasteiger partial charge on any atom is -0.464 e. The number of benzene rings is 1. The van der Waals surface area contributed by atoms with Crippen LogP contribution in [0.15, 0.2) is 24.4 Å². The van der Waals surface area contributed by atoms with Crippen LogP contribution in [0.25, 0.3) is 5.69 Å². The van der Waals surface area contributed by atoms with E-state index in [0.717, 1.165) is 17.5 Å². The van der Waals surface area contributed by atoms with Crippen molar-refractivity contribution in [3.63, 3.8) is 0 Å². The highest BCUT2D eigenvalue weighted by Crippen LogP contribution is 2.28. The molecular weight excluding hydrogens is 394 g/mol. The van der Waals surface area contributed by atoms with E-state index in [9.17, 15) is 18.5 Å². The van der Waals surface area contributed by atoms with Crippen molar-refractivity contribution >= 4 is 27.4 Å². The Morgan fingerprint density at radius 2 is 2.10 bits per heavy atom. The minimum absolute atomic E-state index is 0.0739. The second-order valence-electron chi connectivity index (χ2n) is 6.50. The molecule has 3 N–H and O–H groups in total. The first kappa shape index (κ1) is 22.3. The van der Waals surface area contributed by atoms with E-state index >= 15 is 0 Å². The first-order valence-electron chi connectivity index (χ1n) is 8.92. The van der Waals surface area contributed by atoms with Gasteiger partial charge in [0.05, 0.1) is 24.6 Å². The zero-order chi connectivity index (χ0) is 21.8. The summed E-state index contributed by atoms with van der Waals surface area (Å²) in [6, 6.07) is 7.61. The molecule has 1 aromatic carbocycles. The number of nitrogens with zero attached hydrogens (tertiary/aromatic N) is 3. The summed E-state index contributed by atoms with van der Waals surface area (Å²) in [6.45, 7) is 5.34. The summed E-state index contributed by atoms with van der Waals surface area (Å²) in [7, 11) is -1.99. The molecule has 0 saturated carbocycles.